The van der Waals surface area contributed by atoms with Crippen LogP contribution in [0.2, 0.25) is 0 Å². The van der Waals surface area contributed by atoms with E-state index in [9.17, 15) is 4.79 Å². The summed E-state index contributed by atoms with van der Waals surface area (Å²) in [4.78, 5) is 12.0. The number of esters is 1. The minimum Gasteiger partial charge on any atom is -0.465 e. The van der Waals surface area contributed by atoms with Gasteiger partial charge in [0.15, 0.2) is 0 Å². The first-order chi connectivity index (χ1) is 9.26. The molecule has 0 N–H and O–H groups in total. The van der Waals surface area contributed by atoms with Crippen molar-refractivity contribution in [2.45, 2.75) is 91.4 Å². The number of unbranched alkanes of at least 4 members (excludes halogenated alkanes) is 6. The number of carbonyl (C=O) groups excluding carboxylic acids is 1. The summed E-state index contributed by atoms with van der Waals surface area (Å²) in [7, 11) is 0. The van der Waals surface area contributed by atoms with Gasteiger partial charge in [-0.25, -0.2) is 0 Å². The molecule has 0 rings (SSSR count). The lowest BCUT2D eigenvalue weighted by Crippen LogP contribution is -2.18. The molecule has 2 heteroatoms. The zero-order valence-electron chi connectivity index (χ0n) is 13.4. The molecule has 0 heterocycles. The largest absolute Gasteiger partial charge is 0.465 e. The van der Waals surface area contributed by atoms with Gasteiger partial charge >= 0.3 is 5.97 Å². The molecule has 0 saturated heterocycles. The highest BCUT2D eigenvalue weighted by atomic mass is 16.5. The van der Waals surface area contributed by atoms with Crippen LogP contribution in [-0.2, 0) is 9.53 Å². The zero-order valence-corrected chi connectivity index (χ0v) is 13.4. The van der Waals surface area contributed by atoms with E-state index < -0.39 is 0 Å². The topological polar surface area (TPSA) is 26.3 Å². The predicted octanol–water partition coefficient (Wildman–Crippen LogP) is 5.50. The van der Waals surface area contributed by atoms with Crippen molar-refractivity contribution in [2.24, 2.45) is 5.92 Å². The van der Waals surface area contributed by atoms with Crippen molar-refractivity contribution < 1.29 is 9.53 Å². The number of hydrogen-bond acceptors (Lipinski definition) is 2. The summed E-state index contributed by atoms with van der Waals surface area (Å²) >= 11 is 0. The van der Waals surface area contributed by atoms with Crippen LogP contribution >= 0.6 is 0 Å². The van der Waals surface area contributed by atoms with E-state index in [1.54, 1.807) is 0 Å². The molecule has 0 aliphatic heterocycles. The van der Waals surface area contributed by atoms with Crippen LogP contribution in [0.25, 0.3) is 0 Å². The Morgan fingerprint density at radius 2 is 1.32 bits per heavy atom. The Hall–Kier alpha value is -0.530. The third kappa shape index (κ3) is 11.0. The van der Waals surface area contributed by atoms with E-state index in [2.05, 4.69) is 13.8 Å². The lowest BCUT2D eigenvalue weighted by Gasteiger charge is -2.15. The molecule has 0 aromatic rings. The van der Waals surface area contributed by atoms with Crippen LogP contribution in [0.1, 0.15) is 91.4 Å². The minimum absolute atomic E-state index is 0.0508. The number of ether oxygens (including phenoxy) is 1. The summed E-state index contributed by atoms with van der Waals surface area (Å²) in [5.74, 6) is 0.204. The molecule has 0 spiro atoms. The van der Waals surface area contributed by atoms with Crippen LogP contribution in [0, 0.1) is 5.92 Å². The molecule has 0 amide bonds. The molecule has 0 bridgehead atoms. The SMILES string of the molecule is CCCCCCC(CCCCCC)C(=O)OCCC. The van der Waals surface area contributed by atoms with Gasteiger partial charge in [-0.05, 0) is 19.3 Å². The Bertz CT molecular complexity index is 189. The molecular formula is C17H34O2. The van der Waals surface area contributed by atoms with E-state index in [1.807, 2.05) is 6.92 Å². The molecule has 0 atom stereocenters. The van der Waals surface area contributed by atoms with E-state index >= 15 is 0 Å². The second kappa shape index (κ2) is 13.9. The van der Waals surface area contributed by atoms with Crippen LogP contribution < -0.4 is 0 Å². The molecule has 0 fully saturated rings. The fourth-order valence-electron chi connectivity index (χ4n) is 2.34. The van der Waals surface area contributed by atoms with Crippen molar-refractivity contribution in [3.63, 3.8) is 0 Å². The standard InChI is InChI=1S/C17H34O2/c1-4-7-9-11-13-16(14-12-10-8-5-2)17(18)19-15-6-3/h16H,4-15H2,1-3H3. The molecule has 114 valence electrons. The van der Waals surface area contributed by atoms with Crippen LogP contribution in [0.3, 0.4) is 0 Å². The van der Waals surface area contributed by atoms with Crippen molar-refractivity contribution >= 4 is 5.97 Å². The van der Waals surface area contributed by atoms with Gasteiger partial charge in [-0.3, -0.25) is 4.79 Å². The van der Waals surface area contributed by atoms with Gasteiger partial charge in [0, 0.05) is 0 Å². The summed E-state index contributed by atoms with van der Waals surface area (Å²) in [5, 5.41) is 0. The molecule has 0 radical (unpaired) electrons. The fourth-order valence-corrected chi connectivity index (χ4v) is 2.34. The Morgan fingerprint density at radius 3 is 1.74 bits per heavy atom. The molecule has 0 aromatic heterocycles. The van der Waals surface area contributed by atoms with Gasteiger partial charge in [-0.15, -0.1) is 0 Å². The van der Waals surface area contributed by atoms with Gasteiger partial charge in [0.05, 0.1) is 12.5 Å². The molecule has 0 aliphatic carbocycles. The molecule has 0 saturated carbocycles. The van der Waals surface area contributed by atoms with Crippen LogP contribution in [0.15, 0.2) is 0 Å². The van der Waals surface area contributed by atoms with Crippen molar-refractivity contribution in [1.82, 2.24) is 0 Å². The number of carbonyl (C=O) groups is 1. The Morgan fingerprint density at radius 1 is 0.789 bits per heavy atom. The maximum atomic E-state index is 12.0. The molecule has 0 aromatic carbocycles. The van der Waals surface area contributed by atoms with Gasteiger partial charge < -0.3 is 4.74 Å². The highest BCUT2D eigenvalue weighted by Gasteiger charge is 2.18. The highest BCUT2D eigenvalue weighted by Crippen LogP contribution is 2.20. The Labute approximate surface area is 120 Å². The quantitative estimate of drug-likeness (QED) is 0.326. The molecular weight excluding hydrogens is 236 g/mol. The monoisotopic (exact) mass is 270 g/mol. The highest BCUT2D eigenvalue weighted by molar-refractivity contribution is 5.72. The van der Waals surface area contributed by atoms with Crippen LogP contribution in [0.5, 0.6) is 0 Å². The summed E-state index contributed by atoms with van der Waals surface area (Å²) in [6.45, 7) is 7.07. The third-order valence-electron chi connectivity index (χ3n) is 3.59. The smallest absolute Gasteiger partial charge is 0.308 e. The van der Waals surface area contributed by atoms with E-state index in [-0.39, 0.29) is 11.9 Å². The molecule has 0 aliphatic rings. The van der Waals surface area contributed by atoms with Gasteiger partial charge in [0.2, 0.25) is 0 Å². The molecule has 2 nitrogen and oxygen atoms in total. The van der Waals surface area contributed by atoms with E-state index in [4.69, 9.17) is 4.74 Å². The number of hydrogen-bond donors (Lipinski definition) is 0. The lowest BCUT2D eigenvalue weighted by molar-refractivity contribution is -0.149. The summed E-state index contributed by atoms with van der Waals surface area (Å²) < 4.78 is 5.33. The Balaban J connectivity index is 3.94. The first kappa shape index (κ1) is 18.5. The third-order valence-corrected chi connectivity index (χ3v) is 3.59. The molecule has 0 unspecified atom stereocenters. The first-order valence-electron chi connectivity index (χ1n) is 8.42. The first-order valence-corrected chi connectivity index (χ1v) is 8.42. The number of rotatable bonds is 13. The predicted molar refractivity (Wildman–Crippen MR) is 82.3 cm³/mol. The van der Waals surface area contributed by atoms with Gasteiger partial charge in [-0.1, -0.05) is 72.1 Å². The summed E-state index contributed by atoms with van der Waals surface area (Å²) in [6, 6.07) is 0. The zero-order chi connectivity index (χ0) is 14.3. The second-order valence-corrected chi connectivity index (χ2v) is 5.56. The van der Waals surface area contributed by atoms with Crippen molar-refractivity contribution in [3.8, 4) is 0 Å². The summed E-state index contributed by atoms with van der Waals surface area (Å²) in [5.41, 5.74) is 0. The van der Waals surface area contributed by atoms with Gasteiger partial charge in [-0.2, -0.15) is 0 Å². The van der Waals surface area contributed by atoms with Crippen molar-refractivity contribution in [1.29, 1.82) is 0 Å². The molecule has 19 heavy (non-hydrogen) atoms. The normalized spacial score (nSPS) is 10.9. The maximum absolute atomic E-state index is 12.0. The van der Waals surface area contributed by atoms with E-state index in [0.29, 0.717) is 6.61 Å². The van der Waals surface area contributed by atoms with Crippen molar-refractivity contribution in [3.05, 3.63) is 0 Å². The fraction of sp³-hybridized carbons (Fsp3) is 0.941. The van der Waals surface area contributed by atoms with Crippen LogP contribution in [0.4, 0.5) is 0 Å². The second-order valence-electron chi connectivity index (χ2n) is 5.56. The average molecular weight is 270 g/mol. The van der Waals surface area contributed by atoms with Gasteiger partial charge in [0.1, 0.15) is 0 Å². The van der Waals surface area contributed by atoms with E-state index in [1.165, 1.54) is 51.4 Å². The van der Waals surface area contributed by atoms with Gasteiger partial charge in [0.25, 0.3) is 0 Å². The van der Waals surface area contributed by atoms with Crippen molar-refractivity contribution in [2.75, 3.05) is 6.61 Å². The lowest BCUT2D eigenvalue weighted by atomic mass is 9.94. The maximum Gasteiger partial charge on any atom is 0.308 e. The average Bonchev–Trinajstić information content (AvgIpc) is 2.43. The van der Waals surface area contributed by atoms with Crippen LogP contribution in [-0.4, -0.2) is 12.6 Å². The minimum atomic E-state index is 0.0508. The Kier molecular flexibility index (Phi) is 13.5. The van der Waals surface area contributed by atoms with E-state index in [0.717, 1.165) is 19.3 Å². The summed E-state index contributed by atoms with van der Waals surface area (Å²) in [6.07, 6.45) is 12.9.